The third-order valence-electron chi connectivity index (χ3n) is 4.50. The molecule has 0 heterocycles. The second-order valence-electron chi connectivity index (χ2n) is 6.12. The van der Waals surface area contributed by atoms with Gasteiger partial charge in [0, 0.05) is 18.4 Å². The summed E-state index contributed by atoms with van der Waals surface area (Å²) >= 11 is 0. The van der Waals surface area contributed by atoms with Crippen molar-refractivity contribution in [2.45, 2.75) is 19.9 Å². The number of para-hydroxylation sites is 1. The van der Waals surface area contributed by atoms with Crippen LogP contribution in [0, 0.1) is 6.92 Å². The van der Waals surface area contributed by atoms with Crippen molar-refractivity contribution in [1.82, 2.24) is 0 Å². The fourth-order valence-corrected chi connectivity index (χ4v) is 2.75. The van der Waals surface area contributed by atoms with Crippen LogP contribution in [-0.4, -0.2) is 19.0 Å². The molecule has 3 nitrogen and oxygen atoms in total. The zero-order valence-corrected chi connectivity index (χ0v) is 14.3. The first-order valence-corrected chi connectivity index (χ1v) is 8.14. The maximum absolute atomic E-state index is 12.6. The van der Waals surface area contributed by atoms with E-state index in [1.54, 1.807) is 0 Å². The van der Waals surface area contributed by atoms with E-state index in [0.29, 0.717) is 0 Å². The van der Waals surface area contributed by atoms with E-state index in [1.165, 1.54) is 10.8 Å². The standard InChI is InChI=1S/C21H22N2O/c1-15-8-4-7-11-20(15)22-21(24)16(2)23(3)19-13-12-17-9-5-6-10-18(17)14-19/h4-14,16H,1-3H3,(H,22,24). The maximum atomic E-state index is 12.6. The number of likely N-dealkylation sites (N-methyl/N-ethyl adjacent to an activating group) is 1. The van der Waals surface area contributed by atoms with Gasteiger partial charge in [-0.3, -0.25) is 4.79 Å². The summed E-state index contributed by atoms with van der Waals surface area (Å²) in [6.45, 7) is 3.91. The van der Waals surface area contributed by atoms with E-state index < -0.39 is 0 Å². The molecule has 1 amide bonds. The summed E-state index contributed by atoms with van der Waals surface area (Å²) in [6, 6.07) is 22.0. The van der Waals surface area contributed by atoms with Gasteiger partial charge in [-0.25, -0.2) is 0 Å². The van der Waals surface area contributed by atoms with E-state index in [-0.39, 0.29) is 11.9 Å². The molecular weight excluding hydrogens is 296 g/mol. The van der Waals surface area contributed by atoms with Gasteiger partial charge in [-0.1, -0.05) is 48.5 Å². The summed E-state index contributed by atoms with van der Waals surface area (Å²) < 4.78 is 0. The van der Waals surface area contributed by atoms with E-state index in [4.69, 9.17) is 0 Å². The van der Waals surface area contributed by atoms with Gasteiger partial charge in [0.2, 0.25) is 5.91 Å². The van der Waals surface area contributed by atoms with E-state index in [2.05, 4.69) is 35.6 Å². The van der Waals surface area contributed by atoms with Crippen LogP contribution in [0.1, 0.15) is 12.5 Å². The highest BCUT2D eigenvalue weighted by atomic mass is 16.2. The molecule has 1 atom stereocenters. The fourth-order valence-electron chi connectivity index (χ4n) is 2.75. The van der Waals surface area contributed by atoms with Crippen molar-refractivity contribution in [3.8, 4) is 0 Å². The van der Waals surface area contributed by atoms with Crippen LogP contribution in [0.2, 0.25) is 0 Å². The normalized spacial score (nSPS) is 12.0. The van der Waals surface area contributed by atoms with Crippen LogP contribution in [-0.2, 0) is 4.79 Å². The summed E-state index contributed by atoms with van der Waals surface area (Å²) in [5.41, 5.74) is 2.95. The number of carbonyl (C=O) groups is 1. The molecule has 122 valence electrons. The lowest BCUT2D eigenvalue weighted by Gasteiger charge is -2.26. The number of rotatable bonds is 4. The van der Waals surface area contributed by atoms with E-state index in [1.807, 2.05) is 62.2 Å². The van der Waals surface area contributed by atoms with Gasteiger partial charge < -0.3 is 10.2 Å². The molecule has 0 fully saturated rings. The van der Waals surface area contributed by atoms with Gasteiger partial charge in [-0.15, -0.1) is 0 Å². The molecule has 3 rings (SSSR count). The third kappa shape index (κ3) is 3.25. The first-order chi connectivity index (χ1) is 11.6. The van der Waals surface area contributed by atoms with Gasteiger partial charge in [0.25, 0.3) is 0 Å². The number of hydrogen-bond donors (Lipinski definition) is 1. The molecule has 0 radical (unpaired) electrons. The molecule has 0 saturated carbocycles. The van der Waals surface area contributed by atoms with Crippen molar-refractivity contribution in [3.63, 3.8) is 0 Å². The van der Waals surface area contributed by atoms with Gasteiger partial charge in [0.05, 0.1) is 0 Å². The summed E-state index contributed by atoms with van der Waals surface area (Å²) in [4.78, 5) is 14.6. The summed E-state index contributed by atoms with van der Waals surface area (Å²) in [7, 11) is 1.95. The number of hydrogen-bond acceptors (Lipinski definition) is 2. The Bertz CT molecular complexity index is 872. The molecule has 3 heteroatoms. The zero-order chi connectivity index (χ0) is 17.1. The molecule has 24 heavy (non-hydrogen) atoms. The second-order valence-corrected chi connectivity index (χ2v) is 6.12. The topological polar surface area (TPSA) is 32.3 Å². The van der Waals surface area contributed by atoms with Crippen LogP contribution in [0.5, 0.6) is 0 Å². The maximum Gasteiger partial charge on any atom is 0.246 e. The number of nitrogens with zero attached hydrogens (tertiary/aromatic N) is 1. The minimum atomic E-state index is -0.272. The Balaban J connectivity index is 1.78. The quantitative estimate of drug-likeness (QED) is 0.762. The number of fused-ring (bicyclic) bond motifs is 1. The largest absolute Gasteiger partial charge is 0.363 e. The van der Waals surface area contributed by atoms with Gasteiger partial charge in [0.1, 0.15) is 6.04 Å². The highest BCUT2D eigenvalue weighted by Crippen LogP contribution is 2.23. The van der Waals surface area contributed by atoms with E-state index in [0.717, 1.165) is 16.9 Å². The lowest BCUT2D eigenvalue weighted by Crippen LogP contribution is -2.39. The van der Waals surface area contributed by atoms with Crippen molar-refractivity contribution in [1.29, 1.82) is 0 Å². The van der Waals surface area contributed by atoms with E-state index >= 15 is 0 Å². The Kier molecular flexibility index (Phi) is 4.52. The third-order valence-corrected chi connectivity index (χ3v) is 4.50. The molecule has 0 aromatic heterocycles. The van der Waals surface area contributed by atoms with Crippen molar-refractivity contribution < 1.29 is 4.79 Å². The Morgan fingerprint density at radius 1 is 0.958 bits per heavy atom. The highest BCUT2D eigenvalue weighted by molar-refractivity contribution is 5.97. The molecule has 0 spiro atoms. The Labute approximate surface area is 142 Å². The van der Waals surface area contributed by atoms with Crippen LogP contribution in [0.3, 0.4) is 0 Å². The Morgan fingerprint density at radius 3 is 2.38 bits per heavy atom. The average molecular weight is 318 g/mol. The summed E-state index contributed by atoms with van der Waals surface area (Å²) in [6.07, 6.45) is 0. The van der Waals surface area contributed by atoms with Gasteiger partial charge in [-0.2, -0.15) is 0 Å². The van der Waals surface area contributed by atoms with E-state index in [9.17, 15) is 4.79 Å². The average Bonchev–Trinajstić information content (AvgIpc) is 2.62. The van der Waals surface area contributed by atoms with Gasteiger partial charge >= 0.3 is 0 Å². The molecule has 1 N–H and O–H groups in total. The van der Waals surface area contributed by atoms with Crippen LogP contribution >= 0.6 is 0 Å². The van der Waals surface area contributed by atoms with Gasteiger partial charge in [0.15, 0.2) is 0 Å². The molecule has 0 aliphatic heterocycles. The molecular formula is C21H22N2O. The number of carbonyl (C=O) groups excluding carboxylic acids is 1. The first-order valence-electron chi connectivity index (χ1n) is 8.14. The molecule has 0 aliphatic carbocycles. The minimum absolute atomic E-state index is 0.0139. The molecule has 0 aliphatic rings. The number of aryl methyl sites for hydroxylation is 1. The number of amides is 1. The fraction of sp³-hybridized carbons (Fsp3) is 0.190. The van der Waals surface area contributed by atoms with Crippen LogP contribution < -0.4 is 10.2 Å². The zero-order valence-electron chi connectivity index (χ0n) is 14.3. The van der Waals surface area contributed by atoms with Crippen LogP contribution in [0.25, 0.3) is 10.8 Å². The van der Waals surface area contributed by atoms with Crippen LogP contribution in [0.4, 0.5) is 11.4 Å². The van der Waals surface area contributed by atoms with Crippen molar-refractivity contribution in [2.75, 3.05) is 17.3 Å². The molecule has 3 aromatic rings. The van der Waals surface area contributed by atoms with Crippen LogP contribution in [0.15, 0.2) is 66.7 Å². The SMILES string of the molecule is Cc1ccccc1NC(=O)C(C)N(C)c1ccc2ccccc2c1. The Morgan fingerprint density at radius 2 is 1.62 bits per heavy atom. The monoisotopic (exact) mass is 318 g/mol. The Hall–Kier alpha value is -2.81. The predicted molar refractivity (Wildman–Crippen MR) is 102 cm³/mol. The molecule has 1 unspecified atom stereocenters. The molecule has 0 saturated heterocycles. The smallest absolute Gasteiger partial charge is 0.246 e. The number of benzene rings is 3. The molecule has 3 aromatic carbocycles. The number of nitrogens with one attached hydrogen (secondary N) is 1. The highest BCUT2D eigenvalue weighted by Gasteiger charge is 2.19. The lowest BCUT2D eigenvalue weighted by atomic mass is 10.1. The second kappa shape index (κ2) is 6.75. The summed E-state index contributed by atoms with van der Waals surface area (Å²) in [5.74, 6) is -0.0139. The minimum Gasteiger partial charge on any atom is -0.363 e. The van der Waals surface area contributed by atoms with Crippen molar-refractivity contribution in [2.24, 2.45) is 0 Å². The predicted octanol–water partition coefficient (Wildman–Crippen LogP) is 4.61. The van der Waals surface area contributed by atoms with Gasteiger partial charge in [-0.05, 0) is 48.4 Å². The lowest BCUT2D eigenvalue weighted by molar-refractivity contribution is -0.117. The summed E-state index contributed by atoms with van der Waals surface area (Å²) in [5, 5.41) is 5.39. The first kappa shape index (κ1) is 16.1. The molecule has 0 bridgehead atoms. The van der Waals surface area contributed by atoms with Crippen molar-refractivity contribution >= 4 is 28.1 Å². The van der Waals surface area contributed by atoms with Crippen molar-refractivity contribution in [3.05, 3.63) is 72.3 Å². The number of anilines is 2.